The van der Waals surface area contributed by atoms with Crippen molar-refractivity contribution < 1.29 is 9.53 Å². The Morgan fingerprint density at radius 2 is 2.24 bits per heavy atom. The quantitative estimate of drug-likeness (QED) is 0.804. The summed E-state index contributed by atoms with van der Waals surface area (Å²) in [7, 11) is 3.61. The number of amides is 1. The molecule has 0 saturated heterocycles. The van der Waals surface area contributed by atoms with E-state index in [9.17, 15) is 4.79 Å². The van der Waals surface area contributed by atoms with Gasteiger partial charge in [-0.3, -0.25) is 4.79 Å². The van der Waals surface area contributed by atoms with Crippen molar-refractivity contribution in [3.63, 3.8) is 0 Å². The molecular weight excluding hydrogens is 282 g/mol. The van der Waals surface area contributed by atoms with Crippen molar-refractivity contribution in [2.75, 3.05) is 19.9 Å². The van der Waals surface area contributed by atoms with Crippen molar-refractivity contribution in [1.29, 1.82) is 0 Å². The zero-order chi connectivity index (χ0) is 15.2. The molecule has 2 rings (SSSR count). The minimum atomic E-state index is 0.125. The molecule has 21 heavy (non-hydrogen) atoms. The Balaban J connectivity index is 2.00. The van der Waals surface area contributed by atoms with Gasteiger partial charge in [-0.05, 0) is 42.7 Å². The molecule has 0 spiro atoms. The second-order valence-electron chi connectivity index (χ2n) is 5.59. The van der Waals surface area contributed by atoms with E-state index >= 15 is 0 Å². The number of carbonyl (C=O) groups is 1. The van der Waals surface area contributed by atoms with Gasteiger partial charge in [0.1, 0.15) is 0 Å². The van der Waals surface area contributed by atoms with E-state index in [2.05, 4.69) is 6.92 Å². The Hall–Kier alpha value is -1.00. The summed E-state index contributed by atoms with van der Waals surface area (Å²) >= 11 is 2.02. The van der Waals surface area contributed by atoms with E-state index in [-0.39, 0.29) is 5.91 Å². The second-order valence-corrected chi connectivity index (χ2v) is 7.17. The van der Waals surface area contributed by atoms with Crippen molar-refractivity contribution in [3.8, 4) is 0 Å². The van der Waals surface area contributed by atoms with Gasteiger partial charge in [0, 0.05) is 31.0 Å². The number of hydrogen-bond donors (Lipinski definition) is 0. The number of benzene rings is 1. The van der Waals surface area contributed by atoms with Crippen LogP contribution in [-0.4, -0.2) is 42.0 Å². The van der Waals surface area contributed by atoms with Crippen molar-refractivity contribution in [2.45, 2.75) is 44.1 Å². The van der Waals surface area contributed by atoms with Gasteiger partial charge in [0.15, 0.2) is 0 Å². The first-order valence-electron chi connectivity index (χ1n) is 7.62. The molecule has 0 aliphatic heterocycles. The zero-order valence-corrected chi connectivity index (χ0v) is 14.0. The summed E-state index contributed by atoms with van der Waals surface area (Å²) in [6.07, 6.45) is 3.47. The highest BCUT2D eigenvalue weighted by Gasteiger charge is 2.30. The third-order valence-corrected chi connectivity index (χ3v) is 5.35. The standard InChI is InChI=1S/C17H25NO2S/c1-4-21-16-9-8-15(11-16)18(2)17(19)14-7-5-6-13(10-14)12-20-3/h5-7,10,15-16H,4,8-9,11-12H2,1-3H3/t15-,16+/m0/s1. The Kier molecular flexibility index (Phi) is 6.12. The van der Waals surface area contributed by atoms with E-state index in [1.807, 2.05) is 48.0 Å². The summed E-state index contributed by atoms with van der Waals surface area (Å²) in [5.41, 5.74) is 1.81. The van der Waals surface area contributed by atoms with E-state index < -0.39 is 0 Å². The first-order chi connectivity index (χ1) is 10.2. The third-order valence-electron chi connectivity index (χ3n) is 4.11. The fraction of sp³-hybridized carbons (Fsp3) is 0.588. The number of carbonyl (C=O) groups excluding carboxylic acids is 1. The predicted octanol–water partition coefficient (Wildman–Crippen LogP) is 3.58. The number of ether oxygens (including phenoxy) is 1. The van der Waals surface area contributed by atoms with Crippen LogP contribution in [0.4, 0.5) is 0 Å². The van der Waals surface area contributed by atoms with Crippen LogP contribution in [0.15, 0.2) is 24.3 Å². The summed E-state index contributed by atoms with van der Waals surface area (Å²) in [5.74, 6) is 1.29. The summed E-state index contributed by atoms with van der Waals surface area (Å²) < 4.78 is 5.14. The SMILES string of the molecule is CCS[C@@H]1CC[C@H](N(C)C(=O)c2cccc(COC)c2)C1. The summed E-state index contributed by atoms with van der Waals surface area (Å²) in [6, 6.07) is 8.14. The number of thioether (sulfide) groups is 1. The first kappa shape index (κ1) is 16.4. The van der Waals surface area contributed by atoms with Crippen LogP contribution in [0.1, 0.15) is 42.1 Å². The van der Waals surface area contributed by atoms with Crippen LogP contribution >= 0.6 is 11.8 Å². The molecule has 0 N–H and O–H groups in total. The van der Waals surface area contributed by atoms with Crippen LogP contribution in [0.3, 0.4) is 0 Å². The van der Waals surface area contributed by atoms with E-state index in [4.69, 9.17) is 4.74 Å². The monoisotopic (exact) mass is 307 g/mol. The van der Waals surface area contributed by atoms with Crippen molar-refractivity contribution in [2.24, 2.45) is 0 Å². The van der Waals surface area contributed by atoms with Gasteiger partial charge in [-0.2, -0.15) is 11.8 Å². The number of nitrogens with zero attached hydrogens (tertiary/aromatic N) is 1. The molecule has 4 heteroatoms. The van der Waals surface area contributed by atoms with E-state index in [1.165, 1.54) is 6.42 Å². The molecule has 1 fully saturated rings. The van der Waals surface area contributed by atoms with E-state index in [1.54, 1.807) is 7.11 Å². The maximum Gasteiger partial charge on any atom is 0.253 e. The highest BCUT2D eigenvalue weighted by atomic mass is 32.2. The average molecular weight is 307 g/mol. The highest BCUT2D eigenvalue weighted by molar-refractivity contribution is 7.99. The largest absolute Gasteiger partial charge is 0.380 e. The topological polar surface area (TPSA) is 29.5 Å². The summed E-state index contributed by atoms with van der Waals surface area (Å²) in [5, 5.41) is 0.718. The summed E-state index contributed by atoms with van der Waals surface area (Å²) in [4.78, 5) is 14.6. The molecule has 116 valence electrons. The zero-order valence-electron chi connectivity index (χ0n) is 13.2. The Labute approximate surface area is 132 Å². The van der Waals surface area contributed by atoms with Crippen LogP contribution in [0.5, 0.6) is 0 Å². The smallest absolute Gasteiger partial charge is 0.253 e. The molecule has 1 aromatic rings. The van der Waals surface area contributed by atoms with Gasteiger partial charge in [-0.25, -0.2) is 0 Å². The van der Waals surface area contributed by atoms with E-state index in [0.717, 1.165) is 35.0 Å². The molecule has 0 heterocycles. The number of methoxy groups -OCH3 is 1. The maximum atomic E-state index is 12.6. The molecular formula is C17H25NO2S. The molecule has 0 radical (unpaired) electrons. The Morgan fingerprint density at radius 1 is 1.43 bits per heavy atom. The first-order valence-corrected chi connectivity index (χ1v) is 8.67. The lowest BCUT2D eigenvalue weighted by Gasteiger charge is -2.25. The second kappa shape index (κ2) is 7.85. The minimum absolute atomic E-state index is 0.125. The lowest BCUT2D eigenvalue weighted by Crippen LogP contribution is -2.35. The van der Waals surface area contributed by atoms with Crippen molar-refractivity contribution in [3.05, 3.63) is 35.4 Å². The highest BCUT2D eigenvalue weighted by Crippen LogP contribution is 2.32. The Morgan fingerprint density at radius 3 is 2.95 bits per heavy atom. The molecule has 1 amide bonds. The van der Waals surface area contributed by atoms with Gasteiger partial charge in [0.05, 0.1) is 6.61 Å². The molecule has 1 aliphatic carbocycles. The Bertz CT molecular complexity index is 478. The van der Waals surface area contributed by atoms with Gasteiger partial charge in [0.25, 0.3) is 5.91 Å². The molecule has 3 nitrogen and oxygen atoms in total. The summed E-state index contributed by atoms with van der Waals surface area (Å²) in [6.45, 7) is 2.75. The molecule has 2 atom stereocenters. The fourth-order valence-corrected chi connectivity index (χ4v) is 4.12. The van der Waals surface area contributed by atoms with Gasteiger partial charge >= 0.3 is 0 Å². The van der Waals surface area contributed by atoms with Gasteiger partial charge in [-0.15, -0.1) is 0 Å². The van der Waals surface area contributed by atoms with Gasteiger partial charge in [0.2, 0.25) is 0 Å². The number of hydrogen-bond acceptors (Lipinski definition) is 3. The normalized spacial score (nSPS) is 21.5. The van der Waals surface area contributed by atoms with Crippen LogP contribution in [-0.2, 0) is 11.3 Å². The van der Waals surface area contributed by atoms with Gasteiger partial charge < -0.3 is 9.64 Å². The van der Waals surface area contributed by atoms with Crippen LogP contribution in [0.25, 0.3) is 0 Å². The fourth-order valence-electron chi connectivity index (χ4n) is 2.99. The van der Waals surface area contributed by atoms with Crippen LogP contribution in [0.2, 0.25) is 0 Å². The molecule has 1 saturated carbocycles. The minimum Gasteiger partial charge on any atom is -0.380 e. The molecule has 0 bridgehead atoms. The third kappa shape index (κ3) is 4.24. The predicted molar refractivity (Wildman–Crippen MR) is 88.8 cm³/mol. The molecule has 0 unspecified atom stereocenters. The molecule has 0 aromatic heterocycles. The lowest BCUT2D eigenvalue weighted by atomic mass is 10.1. The van der Waals surface area contributed by atoms with Crippen molar-refractivity contribution in [1.82, 2.24) is 4.90 Å². The van der Waals surface area contributed by atoms with Gasteiger partial charge in [-0.1, -0.05) is 19.1 Å². The van der Waals surface area contributed by atoms with Crippen LogP contribution in [0, 0.1) is 0 Å². The average Bonchev–Trinajstić information content (AvgIpc) is 2.95. The number of rotatable bonds is 6. The maximum absolute atomic E-state index is 12.6. The van der Waals surface area contributed by atoms with Crippen LogP contribution < -0.4 is 0 Å². The molecule has 1 aromatic carbocycles. The van der Waals surface area contributed by atoms with E-state index in [0.29, 0.717) is 12.6 Å². The molecule has 1 aliphatic rings. The van der Waals surface area contributed by atoms with Crippen molar-refractivity contribution >= 4 is 17.7 Å². The lowest BCUT2D eigenvalue weighted by molar-refractivity contribution is 0.0735.